The molecule has 1 atom stereocenters. The number of hydrogen-bond acceptors (Lipinski definition) is 4. The van der Waals surface area contributed by atoms with Gasteiger partial charge in [-0.25, -0.2) is 4.98 Å². The lowest BCUT2D eigenvalue weighted by molar-refractivity contribution is 0.315. The molecule has 1 aliphatic heterocycles. The molecule has 2 aromatic rings. The Bertz CT molecular complexity index is 584. The number of para-hydroxylation sites is 1. The largest absolute Gasteiger partial charge is 0.493 e. The van der Waals surface area contributed by atoms with Crippen LogP contribution in [0.5, 0.6) is 5.75 Å². The smallest absolute Gasteiger partial charge is 0.252 e. The Morgan fingerprint density at radius 2 is 2.35 bits per heavy atom. The van der Waals surface area contributed by atoms with Crippen molar-refractivity contribution in [1.29, 1.82) is 5.26 Å². The minimum absolute atomic E-state index is 0.206. The van der Waals surface area contributed by atoms with Gasteiger partial charge in [0, 0.05) is 11.5 Å². The van der Waals surface area contributed by atoms with Gasteiger partial charge in [0.25, 0.3) is 5.82 Å². The van der Waals surface area contributed by atoms with Gasteiger partial charge < -0.3 is 4.74 Å². The van der Waals surface area contributed by atoms with Crippen molar-refractivity contribution < 1.29 is 4.74 Å². The van der Waals surface area contributed by atoms with Gasteiger partial charge in [0.05, 0.1) is 13.2 Å². The minimum atomic E-state index is 0.206. The molecular weight excluding hydrogens is 216 g/mol. The van der Waals surface area contributed by atoms with E-state index in [2.05, 4.69) is 16.1 Å². The molecule has 0 bridgehead atoms. The van der Waals surface area contributed by atoms with Crippen molar-refractivity contribution in [3.63, 3.8) is 0 Å². The van der Waals surface area contributed by atoms with Crippen LogP contribution >= 0.6 is 0 Å². The topological polar surface area (TPSA) is 63.7 Å². The summed E-state index contributed by atoms with van der Waals surface area (Å²) in [6.07, 6.45) is 1.58. The summed E-state index contributed by atoms with van der Waals surface area (Å²) in [6, 6.07) is 9.92. The molecule has 0 fully saturated rings. The van der Waals surface area contributed by atoms with Gasteiger partial charge in [-0.3, -0.25) is 4.68 Å². The third-order valence-electron chi connectivity index (χ3n) is 2.84. The first kappa shape index (κ1) is 9.85. The average Bonchev–Trinajstić information content (AvgIpc) is 2.97. The van der Waals surface area contributed by atoms with Crippen LogP contribution in [0.25, 0.3) is 0 Å². The van der Waals surface area contributed by atoms with Gasteiger partial charge in [0.2, 0.25) is 0 Å². The van der Waals surface area contributed by atoms with Crippen LogP contribution in [0.1, 0.15) is 17.3 Å². The quantitative estimate of drug-likeness (QED) is 0.774. The Morgan fingerprint density at radius 1 is 1.47 bits per heavy atom. The van der Waals surface area contributed by atoms with E-state index in [0.717, 1.165) is 5.75 Å². The molecule has 0 saturated carbocycles. The number of benzene rings is 1. The van der Waals surface area contributed by atoms with E-state index in [1.807, 2.05) is 24.3 Å². The van der Waals surface area contributed by atoms with Gasteiger partial charge >= 0.3 is 0 Å². The number of nitrogens with zero attached hydrogens (tertiary/aromatic N) is 4. The molecule has 1 aromatic heterocycles. The van der Waals surface area contributed by atoms with Crippen LogP contribution in [-0.4, -0.2) is 21.4 Å². The second-order valence-electron chi connectivity index (χ2n) is 3.95. The van der Waals surface area contributed by atoms with Crippen molar-refractivity contribution in [1.82, 2.24) is 14.8 Å². The second kappa shape index (κ2) is 3.91. The first-order chi connectivity index (χ1) is 8.36. The highest BCUT2D eigenvalue weighted by atomic mass is 16.5. The van der Waals surface area contributed by atoms with E-state index in [9.17, 15) is 0 Å². The molecule has 5 nitrogen and oxygen atoms in total. The number of nitriles is 1. The van der Waals surface area contributed by atoms with E-state index in [-0.39, 0.29) is 11.7 Å². The molecule has 2 heterocycles. The number of rotatable bonds is 2. The van der Waals surface area contributed by atoms with Crippen molar-refractivity contribution >= 4 is 0 Å². The lowest BCUT2D eigenvalue weighted by atomic mass is 10.0. The molecule has 0 amide bonds. The predicted octanol–water partition coefficient (Wildman–Crippen LogP) is 1.33. The molecule has 0 radical (unpaired) electrons. The van der Waals surface area contributed by atoms with Crippen LogP contribution in [0.4, 0.5) is 0 Å². The van der Waals surface area contributed by atoms with Gasteiger partial charge in [-0.2, -0.15) is 5.26 Å². The molecule has 1 unspecified atom stereocenters. The predicted molar refractivity (Wildman–Crippen MR) is 59.4 cm³/mol. The molecular formula is C12H10N4O. The summed E-state index contributed by atoms with van der Waals surface area (Å²) in [5.41, 5.74) is 1.20. The molecule has 0 aliphatic carbocycles. The van der Waals surface area contributed by atoms with Gasteiger partial charge in [-0.15, -0.1) is 5.10 Å². The standard InChI is InChI=1S/C12H10N4O/c13-5-12-14-8-16(15-12)6-9-7-17-11-4-2-1-3-10(9)11/h1-4,8-9H,6-7H2. The number of ether oxygens (including phenoxy) is 1. The van der Waals surface area contributed by atoms with E-state index >= 15 is 0 Å². The van der Waals surface area contributed by atoms with E-state index in [0.29, 0.717) is 13.2 Å². The molecule has 0 spiro atoms. The zero-order valence-electron chi connectivity index (χ0n) is 9.08. The lowest BCUT2D eigenvalue weighted by Gasteiger charge is -2.07. The first-order valence-corrected chi connectivity index (χ1v) is 5.38. The van der Waals surface area contributed by atoms with Crippen molar-refractivity contribution in [2.45, 2.75) is 12.5 Å². The van der Waals surface area contributed by atoms with Gasteiger partial charge in [-0.1, -0.05) is 18.2 Å². The second-order valence-corrected chi connectivity index (χ2v) is 3.95. The fourth-order valence-electron chi connectivity index (χ4n) is 2.04. The maximum absolute atomic E-state index is 8.66. The summed E-state index contributed by atoms with van der Waals surface area (Å²) in [4.78, 5) is 3.88. The van der Waals surface area contributed by atoms with Crippen LogP contribution in [0, 0.1) is 11.3 Å². The summed E-state index contributed by atoms with van der Waals surface area (Å²) in [5, 5.41) is 12.7. The van der Waals surface area contributed by atoms with Crippen LogP contribution in [0.2, 0.25) is 0 Å². The molecule has 1 aliphatic rings. The highest BCUT2D eigenvalue weighted by Crippen LogP contribution is 2.34. The van der Waals surface area contributed by atoms with Gasteiger partial charge in [-0.05, 0) is 6.07 Å². The molecule has 1 aromatic carbocycles. The Labute approximate surface area is 98.3 Å². The first-order valence-electron chi connectivity index (χ1n) is 5.38. The zero-order valence-corrected chi connectivity index (χ0v) is 9.08. The van der Waals surface area contributed by atoms with Crippen molar-refractivity contribution in [3.05, 3.63) is 42.0 Å². The Hall–Kier alpha value is -2.35. The molecule has 84 valence electrons. The summed E-state index contributed by atoms with van der Waals surface area (Å²) in [6.45, 7) is 1.34. The third-order valence-corrected chi connectivity index (χ3v) is 2.84. The zero-order chi connectivity index (χ0) is 11.7. The SMILES string of the molecule is N#Cc1ncn(CC2COc3ccccc32)n1. The maximum atomic E-state index is 8.66. The third kappa shape index (κ3) is 1.74. The van der Waals surface area contributed by atoms with Gasteiger partial charge in [0.1, 0.15) is 18.1 Å². The van der Waals surface area contributed by atoms with Crippen LogP contribution < -0.4 is 4.74 Å². The Morgan fingerprint density at radius 3 is 3.18 bits per heavy atom. The summed E-state index contributed by atoms with van der Waals surface area (Å²) in [7, 11) is 0. The molecule has 3 rings (SSSR count). The highest BCUT2D eigenvalue weighted by Gasteiger charge is 2.24. The fraction of sp³-hybridized carbons (Fsp3) is 0.250. The van der Waals surface area contributed by atoms with Gasteiger partial charge in [0.15, 0.2) is 0 Å². The fourth-order valence-corrected chi connectivity index (χ4v) is 2.04. The Balaban J connectivity index is 1.82. The normalized spacial score (nSPS) is 17.2. The van der Waals surface area contributed by atoms with Crippen molar-refractivity contribution in [2.75, 3.05) is 6.61 Å². The highest BCUT2D eigenvalue weighted by molar-refractivity contribution is 5.39. The van der Waals surface area contributed by atoms with Crippen LogP contribution in [0.15, 0.2) is 30.6 Å². The summed E-state index contributed by atoms with van der Waals surface area (Å²) in [5.74, 6) is 1.43. The molecule has 0 saturated heterocycles. The monoisotopic (exact) mass is 226 g/mol. The van der Waals surface area contributed by atoms with E-state index in [4.69, 9.17) is 10.00 Å². The average molecular weight is 226 g/mol. The lowest BCUT2D eigenvalue weighted by Crippen LogP contribution is -2.11. The Kier molecular flexibility index (Phi) is 2.26. The summed E-state index contributed by atoms with van der Waals surface area (Å²) < 4.78 is 7.28. The van der Waals surface area contributed by atoms with Crippen LogP contribution in [0.3, 0.4) is 0 Å². The number of hydrogen-bond donors (Lipinski definition) is 0. The van der Waals surface area contributed by atoms with E-state index in [1.165, 1.54) is 5.56 Å². The maximum Gasteiger partial charge on any atom is 0.252 e. The van der Waals surface area contributed by atoms with Crippen LogP contribution in [-0.2, 0) is 6.54 Å². The van der Waals surface area contributed by atoms with E-state index in [1.54, 1.807) is 11.0 Å². The van der Waals surface area contributed by atoms with Crippen molar-refractivity contribution in [2.24, 2.45) is 0 Å². The summed E-state index contributed by atoms with van der Waals surface area (Å²) >= 11 is 0. The minimum Gasteiger partial charge on any atom is -0.493 e. The number of fused-ring (bicyclic) bond motifs is 1. The molecule has 5 heteroatoms. The molecule has 0 N–H and O–H groups in total. The molecule has 17 heavy (non-hydrogen) atoms. The van der Waals surface area contributed by atoms with Crippen molar-refractivity contribution in [3.8, 4) is 11.8 Å². The van der Waals surface area contributed by atoms with E-state index < -0.39 is 0 Å². The number of aromatic nitrogens is 3.